The standard InChI is InChI=1S/C23H26N6O2/c1-5-17-6-8-18(9-7-17)14-29-16-26-19-20(24-15-25-21(19)29)27-10-12-28(13-11-27)22(30)31-23(2,3)4/h1,6-9,15-16H,10-14H2,2-4H3. The molecule has 1 fully saturated rings. The first-order valence-electron chi connectivity index (χ1n) is 10.3. The van der Waals surface area contributed by atoms with Gasteiger partial charge in [-0.2, -0.15) is 0 Å². The van der Waals surface area contributed by atoms with Crippen LogP contribution in [0.4, 0.5) is 10.6 Å². The first-order chi connectivity index (χ1) is 14.8. The smallest absolute Gasteiger partial charge is 0.410 e. The van der Waals surface area contributed by atoms with Gasteiger partial charge in [0.05, 0.1) is 12.9 Å². The summed E-state index contributed by atoms with van der Waals surface area (Å²) in [5, 5.41) is 0. The first kappa shape index (κ1) is 20.7. The molecule has 0 spiro atoms. The van der Waals surface area contributed by atoms with Gasteiger partial charge in [0.1, 0.15) is 11.9 Å². The molecular formula is C23H26N6O2. The molecule has 0 radical (unpaired) electrons. The number of hydrogen-bond acceptors (Lipinski definition) is 6. The number of amides is 1. The highest BCUT2D eigenvalue weighted by atomic mass is 16.6. The Morgan fingerprint density at radius 3 is 2.45 bits per heavy atom. The number of aromatic nitrogens is 4. The minimum absolute atomic E-state index is 0.278. The number of ether oxygens (including phenoxy) is 1. The van der Waals surface area contributed by atoms with Gasteiger partial charge in [-0.05, 0) is 38.5 Å². The number of terminal acetylenes is 1. The van der Waals surface area contributed by atoms with Crippen molar-refractivity contribution in [3.63, 3.8) is 0 Å². The third-order valence-corrected chi connectivity index (χ3v) is 5.09. The molecule has 1 aliphatic heterocycles. The summed E-state index contributed by atoms with van der Waals surface area (Å²) in [6, 6.07) is 7.88. The van der Waals surface area contributed by atoms with Crippen molar-refractivity contribution in [2.45, 2.75) is 32.9 Å². The van der Waals surface area contributed by atoms with E-state index in [1.807, 2.05) is 49.6 Å². The predicted molar refractivity (Wildman–Crippen MR) is 119 cm³/mol. The van der Waals surface area contributed by atoms with E-state index in [0.717, 1.165) is 28.1 Å². The maximum Gasteiger partial charge on any atom is 0.410 e. The summed E-state index contributed by atoms with van der Waals surface area (Å²) in [5.41, 5.74) is 3.01. The third kappa shape index (κ3) is 4.61. The molecule has 2 aromatic heterocycles. The summed E-state index contributed by atoms with van der Waals surface area (Å²) in [6.45, 7) is 8.72. The number of hydrogen-bond donors (Lipinski definition) is 0. The molecule has 31 heavy (non-hydrogen) atoms. The van der Waals surface area contributed by atoms with Crippen LogP contribution in [0.1, 0.15) is 31.9 Å². The van der Waals surface area contributed by atoms with Crippen LogP contribution >= 0.6 is 0 Å². The van der Waals surface area contributed by atoms with Gasteiger partial charge in [-0.3, -0.25) is 0 Å². The van der Waals surface area contributed by atoms with E-state index in [-0.39, 0.29) is 6.09 Å². The molecule has 1 amide bonds. The number of benzene rings is 1. The Labute approximate surface area is 181 Å². The fourth-order valence-electron chi connectivity index (χ4n) is 3.55. The molecule has 4 rings (SSSR count). The summed E-state index contributed by atoms with van der Waals surface area (Å²) in [7, 11) is 0. The van der Waals surface area contributed by atoms with E-state index in [1.54, 1.807) is 17.6 Å². The van der Waals surface area contributed by atoms with Crippen molar-refractivity contribution in [2.75, 3.05) is 31.1 Å². The molecule has 0 aliphatic carbocycles. The summed E-state index contributed by atoms with van der Waals surface area (Å²) in [4.78, 5) is 29.7. The maximum absolute atomic E-state index is 12.3. The third-order valence-electron chi connectivity index (χ3n) is 5.09. The van der Waals surface area contributed by atoms with Crippen LogP contribution in [-0.4, -0.2) is 62.3 Å². The molecule has 1 aromatic carbocycles. The number of carbonyl (C=O) groups is 1. The highest BCUT2D eigenvalue weighted by Crippen LogP contribution is 2.24. The van der Waals surface area contributed by atoms with E-state index in [1.165, 1.54) is 0 Å². The average Bonchev–Trinajstić information content (AvgIpc) is 3.16. The number of imidazole rings is 1. The zero-order valence-corrected chi connectivity index (χ0v) is 18.1. The van der Waals surface area contributed by atoms with Crippen LogP contribution in [-0.2, 0) is 11.3 Å². The lowest BCUT2D eigenvalue weighted by Crippen LogP contribution is -2.50. The fraction of sp³-hybridized carbons (Fsp3) is 0.391. The molecule has 0 bridgehead atoms. The topological polar surface area (TPSA) is 76.4 Å². The molecule has 0 unspecified atom stereocenters. The number of fused-ring (bicyclic) bond motifs is 1. The number of carbonyl (C=O) groups excluding carboxylic acids is 1. The van der Waals surface area contributed by atoms with Crippen molar-refractivity contribution in [3.05, 3.63) is 48.0 Å². The van der Waals surface area contributed by atoms with Crippen molar-refractivity contribution in [2.24, 2.45) is 0 Å². The Morgan fingerprint density at radius 1 is 1.10 bits per heavy atom. The minimum Gasteiger partial charge on any atom is -0.444 e. The van der Waals surface area contributed by atoms with Crippen LogP contribution in [0.3, 0.4) is 0 Å². The van der Waals surface area contributed by atoms with E-state index >= 15 is 0 Å². The Bertz CT molecular complexity index is 1120. The lowest BCUT2D eigenvalue weighted by atomic mass is 10.1. The highest BCUT2D eigenvalue weighted by molar-refractivity contribution is 5.83. The largest absolute Gasteiger partial charge is 0.444 e. The zero-order chi connectivity index (χ0) is 22.0. The molecule has 3 heterocycles. The lowest BCUT2D eigenvalue weighted by molar-refractivity contribution is 0.0240. The Kier molecular flexibility index (Phi) is 5.51. The Hall–Kier alpha value is -3.60. The van der Waals surface area contributed by atoms with E-state index in [0.29, 0.717) is 32.7 Å². The maximum atomic E-state index is 12.3. The highest BCUT2D eigenvalue weighted by Gasteiger charge is 2.27. The molecule has 0 N–H and O–H groups in total. The van der Waals surface area contributed by atoms with Gasteiger partial charge in [-0.25, -0.2) is 19.7 Å². The molecule has 8 heteroatoms. The van der Waals surface area contributed by atoms with Crippen molar-refractivity contribution < 1.29 is 9.53 Å². The number of anilines is 1. The second-order valence-corrected chi connectivity index (χ2v) is 8.54. The number of nitrogens with zero attached hydrogens (tertiary/aromatic N) is 6. The molecular weight excluding hydrogens is 392 g/mol. The van der Waals surface area contributed by atoms with Crippen LogP contribution in [0.5, 0.6) is 0 Å². The minimum atomic E-state index is -0.499. The molecule has 3 aromatic rings. The summed E-state index contributed by atoms with van der Waals surface area (Å²) in [5.74, 6) is 3.42. The van der Waals surface area contributed by atoms with Gasteiger partial charge >= 0.3 is 6.09 Å². The average molecular weight is 419 g/mol. The second kappa shape index (κ2) is 8.26. The van der Waals surface area contributed by atoms with E-state index in [9.17, 15) is 4.79 Å². The van der Waals surface area contributed by atoms with Crippen LogP contribution < -0.4 is 4.90 Å². The van der Waals surface area contributed by atoms with Crippen molar-refractivity contribution in [1.29, 1.82) is 0 Å². The summed E-state index contributed by atoms with van der Waals surface area (Å²) < 4.78 is 7.48. The monoisotopic (exact) mass is 418 g/mol. The van der Waals surface area contributed by atoms with Gasteiger partial charge < -0.3 is 19.1 Å². The molecule has 8 nitrogen and oxygen atoms in total. The lowest BCUT2D eigenvalue weighted by Gasteiger charge is -2.36. The molecule has 0 saturated carbocycles. The molecule has 1 aliphatic rings. The molecule has 1 saturated heterocycles. The van der Waals surface area contributed by atoms with Gasteiger partial charge in [0.2, 0.25) is 0 Å². The number of piperazine rings is 1. The van der Waals surface area contributed by atoms with Gasteiger partial charge in [-0.1, -0.05) is 18.1 Å². The quantitative estimate of drug-likeness (QED) is 0.609. The Balaban J connectivity index is 1.48. The van der Waals surface area contributed by atoms with Crippen molar-refractivity contribution in [1.82, 2.24) is 24.4 Å². The van der Waals surface area contributed by atoms with E-state index < -0.39 is 5.60 Å². The van der Waals surface area contributed by atoms with Gasteiger partial charge in [0.25, 0.3) is 0 Å². The number of rotatable bonds is 3. The van der Waals surface area contributed by atoms with E-state index in [4.69, 9.17) is 11.2 Å². The second-order valence-electron chi connectivity index (χ2n) is 8.54. The van der Waals surface area contributed by atoms with Gasteiger partial charge in [0, 0.05) is 31.7 Å². The van der Waals surface area contributed by atoms with Crippen LogP contribution in [0.2, 0.25) is 0 Å². The zero-order valence-electron chi connectivity index (χ0n) is 18.1. The van der Waals surface area contributed by atoms with Crippen molar-refractivity contribution in [3.8, 4) is 12.3 Å². The predicted octanol–water partition coefficient (Wildman–Crippen LogP) is 2.91. The Morgan fingerprint density at radius 2 is 1.81 bits per heavy atom. The molecule has 160 valence electrons. The van der Waals surface area contributed by atoms with E-state index in [2.05, 4.69) is 25.8 Å². The van der Waals surface area contributed by atoms with Crippen molar-refractivity contribution >= 4 is 23.1 Å². The normalized spacial score (nSPS) is 14.5. The first-order valence-corrected chi connectivity index (χ1v) is 10.3. The van der Waals surface area contributed by atoms with Crippen LogP contribution in [0.25, 0.3) is 11.2 Å². The molecule has 0 atom stereocenters. The summed E-state index contributed by atoms with van der Waals surface area (Å²) >= 11 is 0. The SMILES string of the molecule is C#Cc1ccc(Cn2cnc3c(N4CCN(C(=O)OC(C)(C)C)CC4)ncnc32)cc1. The van der Waals surface area contributed by atoms with Crippen LogP contribution in [0.15, 0.2) is 36.9 Å². The van der Waals surface area contributed by atoms with Gasteiger partial charge in [-0.15, -0.1) is 6.42 Å². The fourth-order valence-corrected chi connectivity index (χ4v) is 3.55. The van der Waals surface area contributed by atoms with Crippen LogP contribution in [0, 0.1) is 12.3 Å². The summed E-state index contributed by atoms with van der Waals surface area (Å²) in [6.07, 6.45) is 8.51. The van der Waals surface area contributed by atoms with Gasteiger partial charge in [0.15, 0.2) is 17.0 Å².